The van der Waals surface area contributed by atoms with E-state index >= 15 is 0 Å². The molecule has 20 heavy (non-hydrogen) atoms. The Kier molecular flexibility index (Phi) is 4.25. The molecule has 2 aromatic rings. The van der Waals surface area contributed by atoms with E-state index in [9.17, 15) is 0 Å². The van der Waals surface area contributed by atoms with E-state index in [4.69, 9.17) is 11.6 Å². The molecule has 0 saturated heterocycles. The molecule has 0 aliphatic carbocycles. The fourth-order valence-corrected chi connectivity index (χ4v) is 2.76. The van der Waals surface area contributed by atoms with Gasteiger partial charge >= 0.3 is 0 Å². The monoisotopic (exact) mass is 286 g/mol. The minimum Gasteiger partial charge on any atom is -0.113 e. The molecule has 0 nitrogen and oxygen atoms in total. The van der Waals surface area contributed by atoms with Crippen molar-refractivity contribution in [2.75, 3.05) is 0 Å². The Hall–Kier alpha value is -1.27. The molecule has 0 saturated carbocycles. The van der Waals surface area contributed by atoms with E-state index in [2.05, 4.69) is 77.1 Å². The number of alkyl halides is 1. The molecule has 0 aliphatic rings. The van der Waals surface area contributed by atoms with Crippen LogP contribution < -0.4 is 0 Å². The van der Waals surface area contributed by atoms with Gasteiger partial charge in [-0.05, 0) is 47.1 Å². The predicted molar refractivity (Wildman–Crippen MR) is 88.8 cm³/mol. The summed E-state index contributed by atoms with van der Waals surface area (Å²) in [5.41, 5.74) is 6.46. The molecular formula is C19H23Cl. The molecule has 0 aliphatic heterocycles. The quantitative estimate of drug-likeness (QED) is 0.600. The average Bonchev–Trinajstić information content (AvgIpc) is 2.40. The maximum absolute atomic E-state index is 6.68. The maximum atomic E-state index is 6.68. The van der Waals surface area contributed by atoms with Crippen LogP contribution in [0.5, 0.6) is 0 Å². The number of aryl methyl sites for hydroxylation is 1. The highest BCUT2D eigenvalue weighted by Crippen LogP contribution is 2.33. The fraction of sp³-hybridized carbons (Fsp3) is 0.368. The second kappa shape index (κ2) is 5.61. The van der Waals surface area contributed by atoms with Crippen LogP contribution in [0.3, 0.4) is 0 Å². The van der Waals surface area contributed by atoms with Gasteiger partial charge in [-0.3, -0.25) is 0 Å². The Morgan fingerprint density at radius 3 is 2.05 bits per heavy atom. The summed E-state index contributed by atoms with van der Waals surface area (Å²) in [6.07, 6.45) is 0. The van der Waals surface area contributed by atoms with Gasteiger partial charge in [0.1, 0.15) is 0 Å². The highest BCUT2D eigenvalue weighted by Gasteiger charge is 2.17. The van der Waals surface area contributed by atoms with Gasteiger partial charge < -0.3 is 0 Å². The van der Waals surface area contributed by atoms with Gasteiger partial charge in [0, 0.05) is 0 Å². The van der Waals surface area contributed by atoms with Crippen molar-refractivity contribution in [2.45, 2.75) is 45.4 Å². The topological polar surface area (TPSA) is 0 Å². The van der Waals surface area contributed by atoms with Gasteiger partial charge in [0.2, 0.25) is 0 Å². The van der Waals surface area contributed by atoms with E-state index in [0.29, 0.717) is 0 Å². The van der Waals surface area contributed by atoms with Crippen molar-refractivity contribution in [1.29, 1.82) is 0 Å². The molecular weight excluding hydrogens is 264 g/mol. The normalized spacial score (nSPS) is 13.3. The molecule has 0 radical (unpaired) electrons. The van der Waals surface area contributed by atoms with Crippen LogP contribution in [0.1, 0.15) is 54.0 Å². The molecule has 0 spiro atoms. The molecule has 0 heterocycles. The Labute approximate surface area is 127 Å². The van der Waals surface area contributed by atoms with Gasteiger partial charge in [-0.2, -0.15) is 0 Å². The second-order valence-electron chi connectivity index (χ2n) is 6.52. The SMILES string of the molecule is Cc1cccc(C(Cl)c2ccc(C(C)(C)C)cc2)c1C. The van der Waals surface area contributed by atoms with Crippen LogP contribution in [0.15, 0.2) is 42.5 Å². The highest BCUT2D eigenvalue weighted by atomic mass is 35.5. The third kappa shape index (κ3) is 3.07. The third-order valence-electron chi connectivity index (χ3n) is 3.99. The van der Waals surface area contributed by atoms with Crippen molar-refractivity contribution >= 4 is 11.6 Å². The Bertz CT molecular complexity index is 588. The zero-order valence-corrected chi connectivity index (χ0v) is 13.8. The van der Waals surface area contributed by atoms with Gasteiger partial charge in [0.05, 0.1) is 5.38 Å². The van der Waals surface area contributed by atoms with Crippen LogP contribution in [0.4, 0.5) is 0 Å². The molecule has 0 amide bonds. The van der Waals surface area contributed by atoms with Gasteiger partial charge in [-0.25, -0.2) is 0 Å². The molecule has 106 valence electrons. The summed E-state index contributed by atoms with van der Waals surface area (Å²) in [6.45, 7) is 11.0. The smallest absolute Gasteiger partial charge is 0.0838 e. The third-order valence-corrected chi connectivity index (χ3v) is 4.48. The van der Waals surface area contributed by atoms with Gasteiger partial charge in [-0.1, -0.05) is 63.2 Å². The molecule has 1 unspecified atom stereocenters. The van der Waals surface area contributed by atoms with E-state index in [0.717, 1.165) is 5.56 Å². The molecule has 2 rings (SSSR count). The van der Waals surface area contributed by atoms with E-state index in [1.807, 2.05) is 0 Å². The summed E-state index contributed by atoms with van der Waals surface area (Å²) in [5.74, 6) is 0. The van der Waals surface area contributed by atoms with Crippen molar-refractivity contribution in [1.82, 2.24) is 0 Å². The standard InChI is InChI=1S/C19H23Cl/c1-13-7-6-8-17(14(13)2)18(20)15-9-11-16(12-10-15)19(3,4)5/h6-12,18H,1-5H3. The Morgan fingerprint density at radius 1 is 0.900 bits per heavy atom. The zero-order valence-electron chi connectivity index (χ0n) is 13.0. The van der Waals surface area contributed by atoms with Crippen molar-refractivity contribution in [2.24, 2.45) is 0 Å². The van der Waals surface area contributed by atoms with Gasteiger partial charge in [0.25, 0.3) is 0 Å². The number of rotatable bonds is 2. The van der Waals surface area contributed by atoms with Gasteiger partial charge in [-0.15, -0.1) is 11.6 Å². The summed E-state index contributed by atoms with van der Waals surface area (Å²) in [4.78, 5) is 0. The van der Waals surface area contributed by atoms with Crippen LogP contribution in [0.2, 0.25) is 0 Å². The molecule has 0 aromatic heterocycles. The lowest BCUT2D eigenvalue weighted by Gasteiger charge is -2.20. The summed E-state index contributed by atoms with van der Waals surface area (Å²) in [5, 5.41) is -0.0797. The number of halogens is 1. The van der Waals surface area contributed by atoms with Crippen molar-refractivity contribution < 1.29 is 0 Å². The minimum atomic E-state index is -0.0797. The molecule has 1 heteroatoms. The largest absolute Gasteiger partial charge is 0.113 e. The lowest BCUT2D eigenvalue weighted by molar-refractivity contribution is 0.590. The molecule has 1 atom stereocenters. The van der Waals surface area contributed by atoms with Gasteiger partial charge in [0.15, 0.2) is 0 Å². The Morgan fingerprint density at radius 2 is 1.50 bits per heavy atom. The summed E-state index contributed by atoms with van der Waals surface area (Å²) < 4.78 is 0. The molecule has 0 bridgehead atoms. The van der Waals surface area contributed by atoms with E-state index in [1.165, 1.54) is 22.3 Å². The van der Waals surface area contributed by atoms with Crippen molar-refractivity contribution in [3.63, 3.8) is 0 Å². The van der Waals surface area contributed by atoms with Crippen molar-refractivity contribution in [3.8, 4) is 0 Å². The Balaban J connectivity index is 2.34. The number of hydrogen-bond donors (Lipinski definition) is 0. The van der Waals surface area contributed by atoms with Crippen LogP contribution in [-0.4, -0.2) is 0 Å². The van der Waals surface area contributed by atoms with Crippen LogP contribution in [-0.2, 0) is 5.41 Å². The van der Waals surface area contributed by atoms with E-state index < -0.39 is 0 Å². The summed E-state index contributed by atoms with van der Waals surface area (Å²) >= 11 is 6.68. The van der Waals surface area contributed by atoms with Crippen molar-refractivity contribution in [3.05, 3.63) is 70.3 Å². The first-order valence-corrected chi connectivity index (χ1v) is 7.55. The lowest BCUT2D eigenvalue weighted by Crippen LogP contribution is -2.10. The average molecular weight is 287 g/mol. The zero-order chi connectivity index (χ0) is 14.9. The highest BCUT2D eigenvalue weighted by molar-refractivity contribution is 6.22. The summed E-state index contributed by atoms with van der Waals surface area (Å²) in [6, 6.07) is 15.0. The number of hydrogen-bond acceptors (Lipinski definition) is 0. The van der Waals surface area contributed by atoms with E-state index in [1.54, 1.807) is 0 Å². The van der Waals surface area contributed by atoms with E-state index in [-0.39, 0.29) is 10.8 Å². The maximum Gasteiger partial charge on any atom is 0.0838 e. The summed E-state index contributed by atoms with van der Waals surface area (Å²) in [7, 11) is 0. The lowest BCUT2D eigenvalue weighted by atomic mass is 9.86. The molecule has 2 aromatic carbocycles. The number of benzene rings is 2. The predicted octanol–water partition coefficient (Wildman–Crippen LogP) is 5.93. The first kappa shape index (κ1) is 15.1. The molecule has 0 fully saturated rings. The van der Waals surface area contributed by atoms with Crippen LogP contribution in [0.25, 0.3) is 0 Å². The van der Waals surface area contributed by atoms with Crippen LogP contribution >= 0.6 is 11.6 Å². The molecule has 0 N–H and O–H groups in total. The van der Waals surface area contributed by atoms with Crippen LogP contribution in [0, 0.1) is 13.8 Å². The minimum absolute atomic E-state index is 0.0797. The second-order valence-corrected chi connectivity index (χ2v) is 6.96. The first-order valence-electron chi connectivity index (χ1n) is 7.11. The first-order chi connectivity index (χ1) is 9.30. The fourth-order valence-electron chi connectivity index (χ4n) is 2.38.